The van der Waals surface area contributed by atoms with E-state index in [1.54, 1.807) is 49.9 Å². The number of allylic oxidation sites excluding steroid dienone is 1. The lowest BCUT2D eigenvalue weighted by atomic mass is 10.0. The van der Waals surface area contributed by atoms with Crippen molar-refractivity contribution in [1.82, 2.24) is 31.1 Å². The first-order valence-corrected chi connectivity index (χ1v) is 17.2. The van der Waals surface area contributed by atoms with Crippen LogP contribution < -0.4 is 21.3 Å². The molecule has 2 unspecified atom stereocenters. The molecule has 3 aliphatic rings. The van der Waals surface area contributed by atoms with E-state index < -0.39 is 35.3 Å². The number of nitrogens with zero attached hydrogens (tertiary/aromatic N) is 2. The van der Waals surface area contributed by atoms with Crippen LogP contribution >= 0.6 is 0 Å². The fraction of sp³-hybridized carbons (Fsp3) is 0.514. The molecule has 13 heteroatoms. The van der Waals surface area contributed by atoms with Crippen LogP contribution in [0.3, 0.4) is 0 Å². The zero-order chi connectivity index (χ0) is 36.4. The molecule has 2 aromatic carbocycles. The highest BCUT2D eigenvalue weighted by Gasteiger charge is 2.43. The van der Waals surface area contributed by atoms with Crippen molar-refractivity contribution in [3.63, 3.8) is 0 Å². The number of rotatable bonds is 8. The molecule has 272 valence electrons. The number of nitrogens with one attached hydrogen (secondary N) is 4. The van der Waals surface area contributed by atoms with Gasteiger partial charge in [-0.05, 0) is 83.1 Å². The summed E-state index contributed by atoms with van der Waals surface area (Å²) in [5.74, 6) is 0. The second-order valence-electron chi connectivity index (χ2n) is 14.9. The quantitative estimate of drug-likeness (QED) is 0.234. The molecule has 3 aliphatic heterocycles. The minimum Gasteiger partial charge on any atom is -0.444 e. The number of amides is 2. The molecule has 4 N–H and O–H groups in total. The van der Waals surface area contributed by atoms with Crippen LogP contribution in [0.4, 0.5) is 22.8 Å². The van der Waals surface area contributed by atoms with Crippen LogP contribution in [0, 0.1) is 0 Å². The minimum atomic E-state index is -4.63. The number of carbonyl (C=O) groups excluding carboxylic acids is 2. The third kappa shape index (κ3) is 8.97. The lowest BCUT2D eigenvalue weighted by Crippen LogP contribution is -2.52. The maximum absolute atomic E-state index is 14.2. The predicted octanol–water partition coefficient (Wildman–Crippen LogP) is 6.97. The standard InChI is InChI=1S/C37H49F3N6O4/c1-8-19-45(33(47)49-35(2,3)4)22-29-43-30(31(44-29)37(38,39)40)26-17-13-24(14-18-26)23-11-15-25(16-12-23)27-21-41-32(42-27)28-10-9-20-46(28)34(48)50-36(5,6)7/h11-18,21,28-29,32,41-44H,8-10,19-20,22H2,1-7H3/t28-,29?,32?/m0/s1. The molecule has 0 bridgehead atoms. The number of hydrogen-bond donors (Lipinski definition) is 4. The Kier molecular flexibility index (Phi) is 10.5. The highest BCUT2D eigenvalue weighted by atomic mass is 19.4. The predicted molar refractivity (Wildman–Crippen MR) is 187 cm³/mol. The Morgan fingerprint density at radius 2 is 1.42 bits per heavy atom. The number of hydrogen-bond acceptors (Lipinski definition) is 8. The van der Waals surface area contributed by atoms with E-state index >= 15 is 0 Å². The number of carbonyl (C=O) groups is 2. The summed E-state index contributed by atoms with van der Waals surface area (Å²) in [6.07, 6.45) is -2.21. The van der Waals surface area contributed by atoms with E-state index in [0.29, 0.717) is 25.1 Å². The van der Waals surface area contributed by atoms with Crippen LogP contribution in [-0.2, 0) is 9.47 Å². The molecule has 10 nitrogen and oxygen atoms in total. The van der Waals surface area contributed by atoms with Crippen molar-refractivity contribution < 1.29 is 32.2 Å². The van der Waals surface area contributed by atoms with Gasteiger partial charge in [0, 0.05) is 19.3 Å². The van der Waals surface area contributed by atoms with Crippen LogP contribution in [0.15, 0.2) is 60.4 Å². The van der Waals surface area contributed by atoms with E-state index in [-0.39, 0.29) is 30.5 Å². The average molecular weight is 699 g/mol. The number of benzene rings is 2. The van der Waals surface area contributed by atoms with Crippen molar-refractivity contribution in [1.29, 1.82) is 0 Å². The second kappa shape index (κ2) is 14.4. The number of halogens is 3. The first-order chi connectivity index (χ1) is 23.4. The number of likely N-dealkylation sites (tertiary alicyclic amines) is 1. The van der Waals surface area contributed by atoms with Gasteiger partial charge < -0.3 is 40.5 Å². The van der Waals surface area contributed by atoms with Gasteiger partial charge in [0.1, 0.15) is 29.2 Å². The van der Waals surface area contributed by atoms with E-state index in [9.17, 15) is 22.8 Å². The third-order valence-electron chi connectivity index (χ3n) is 8.45. The van der Waals surface area contributed by atoms with Crippen molar-refractivity contribution in [2.24, 2.45) is 0 Å². The van der Waals surface area contributed by atoms with Gasteiger partial charge in [-0.1, -0.05) is 55.5 Å². The summed E-state index contributed by atoms with van der Waals surface area (Å²) < 4.78 is 53.6. The molecule has 0 aromatic heterocycles. The fourth-order valence-corrected chi connectivity index (χ4v) is 6.30. The molecule has 0 aliphatic carbocycles. The summed E-state index contributed by atoms with van der Waals surface area (Å²) >= 11 is 0. The van der Waals surface area contributed by atoms with Crippen LogP contribution in [0.2, 0.25) is 0 Å². The van der Waals surface area contributed by atoms with Crippen LogP contribution in [-0.4, -0.2) is 77.4 Å². The van der Waals surface area contributed by atoms with Crippen LogP contribution in [0.5, 0.6) is 0 Å². The highest BCUT2D eigenvalue weighted by molar-refractivity contribution is 5.75. The molecule has 0 spiro atoms. The van der Waals surface area contributed by atoms with E-state index in [1.165, 1.54) is 4.90 Å². The van der Waals surface area contributed by atoms with Crippen LogP contribution in [0.1, 0.15) is 78.9 Å². The summed E-state index contributed by atoms with van der Waals surface area (Å²) in [7, 11) is 0. The third-order valence-corrected chi connectivity index (χ3v) is 8.45. The summed E-state index contributed by atoms with van der Waals surface area (Å²) in [5.41, 5.74) is 1.74. The average Bonchev–Trinajstić information content (AvgIpc) is 3.79. The van der Waals surface area contributed by atoms with Gasteiger partial charge in [0.15, 0.2) is 0 Å². The minimum absolute atomic E-state index is 0.0134. The molecular weight excluding hydrogens is 649 g/mol. The van der Waals surface area contributed by atoms with Gasteiger partial charge in [0.2, 0.25) is 0 Å². The Hall–Kier alpha value is -4.55. The summed E-state index contributed by atoms with van der Waals surface area (Å²) in [6, 6.07) is 14.7. The van der Waals surface area contributed by atoms with Gasteiger partial charge in [0.25, 0.3) is 0 Å². The number of ether oxygens (including phenoxy) is 2. The topological polar surface area (TPSA) is 107 Å². The Labute approximate surface area is 292 Å². The van der Waals surface area contributed by atoms with Gasteiger partial charge in [-0.15, -0.1) is 0 Å². The Morgan fingerprint density at radius 1 is 0.840 bits per heavy atom. The van der Waals surface area contributed by atoms with Crippen molar-refractivity contribution >= 4 is 23.6 Å². The summed E-state index contributed by atoms with van der Waals surface area (Å²) in [4.78, 5) is 28.8. The van der Waals surface area contributed by atoms with Gasteiger partial charge >= 0.3 is 18.4 Å². The smallest absolute Gasteiger partial charge is 0.433 e. The van der Waals surface area contributed by atoms with E-state index in [2.05, 4.69) is 21.3 Å². The molecular formula is C37H49F3N6O4. The van der Waals surface area contributed by atoms with Gasteiger partial charge in [0.05, 0.1) is 24.0 Å². The second-order valence-corrected chi connectivity index (χ2v) is 14.9. The van der Waals surface area contributed by atoms with Crippen molar-refractivity contribution in [2.75, 3.05) is 19.6 Å². The zero-order valence-corrected chi connectivity index (χ0v) is 29.8. The Balaban J connectivity index is 1.23. The van der Waals surface area contributed by atoms with Crippen molar-refractivity contribution in [3.8, 4) is 11.1 Å². The van der Waals surface area contributed by atoms with E-state index in [0.717, 1.165) is 35.2 Å². The summed E-state index contributed by atoms with van der Waals surface area (Å²) in [6.45, 7) is 13.7. The van der Waals surface area contributed by atoms with Crippen molar-refractivity contribution in [2.45, 2.75) is 103 Å². The Bertz CT molecular complexity index is 1590. The molecule has 2 aromatic rings. The largest absolute Gasteiger partial charge is 0.444 e. The van der Waals surface area contributed by atoms with Crippen molar-refractivity contribution in [3.05, 3.63) is 71.6 Å². The molecule has 1 fully saturated rings. The molecule has 2 amide bonds. The Morgan fingerprint density at radius 3 is 1.98 bits per heavy atom. The first-order valence-electron chi connectivity index (χ1n) is 17.2. The van der Waals surface area contributed by atoms with Gasteiger partial charge in [-0.25, -0.2) is 9.59 Å². The molecule has 5 rings (SSSR count). The van der Waals surface area contributed by atoms with Crippen LogP contribution in [0.25, 0.3) is 22.5 Å². The summed E-state index contributed by atoms with van der Waals surface area (Å²) in [5, 5.41) is 12.4. The van der Waals surface area contributed by atoms with E-state index in [1.807, 2.05) is 58.2 Å². The molecule has 0 radical (unpaired) electrons. The molecule has 3 atom stereocenters. The monoisotopic (exact) mass is 698 g/mol. The molecule has 50 heavy (non-hydrogen) atoms. The highest BCUT2D eigenvalue weighted by Crippen LogP contribution is 2.34. The number of alkyl halides is 3. The molecule has 0 saturated carbocycles. The maximum Gasteiger partial charge on any atom is 0.433 e. The maximum atomic E-state index is 14.2. The lowest BCUT2D eigenvalue weighted by molar-refractivity contribution is -0.0958. The lowest BCUT2D eigenvalue weighted by Gasteiger charge is -2.32. The van der Waals surface area contributed by atoms with E-state index in [4.69, 9.17) is 9.47 Å². The molecule has 3 heterocycles. The SMILES string of the molecule is CCCN(CC1NC(c2ccc(-c3ccc(C4=CNC([C@@H]5CCCN5C(=O)OC(C)(C)C)N4)cc3)cc2)=C(C(F)(F)F)N1)C(=O)OC(C)(C)C. The first kappa shape index (κ1) is 36.7. The zero-order valence-electron chi connectivity index (χ0n) is 29.8. The van der Waals surface area contributed by atoms with Gasteiger partial charge in [-0.2, -0.15) is 13.2 Å². The fourth-order valence-electron chi connectivity index (χ4n) is 6.30. The van der Waals surface area contributed by atoms with Gasteiger partial charge in [-0.3, -0.25) is 0 Å². The normalized spacial score (nSPS) is 20.8. The molecule has 1 saturated heterocycles.